The first-order valence-electron chi connectivity index (χ1n) is 9.98. The van der Waals surface area contributed by atoms with Gasteiger partial charge in [-0.2, -0.15) is 0 Å². The molecule has 7 heteroatoms. The van der Waals surface area contributed by atoms with Crippen molar-refractivity contribution in [2.75, 3.05) is 20.3 Å². The fraction of sp³-hybridized carbons (Fsp3) is 0.391. The van der Waals surface area contributed by atoms with Crippen molar-refractivity contribution in [3.05, 3.63) is 58.6 Å². The van der Waals surface area contributed by atoms with Crippen LogP contribution in [-0.4, -0.2) is 43.0 Å². The van der Waals surface area contributed by atoms with Crippen LogP contribution in [0.3, 0.4) is 0 Å². The number of nitrogens with zero attached hydrogens (tertiary/aromatic N) is 1. The molecule has 0 aliphatic rings. The molecular formula is C23H29ClN2O4. The number of methoxy groups -OCH3 is 1. The molecule has 0 aliphatic heterocycles. The molecule has 162 valence electrons. The van der Waals surface area contributed by atoms with Crippen molar-refractivity contribution in [1.29, 1.82) is 0 Å². The number of aryl methyl sites for hydroxylation is 1. The van der Waals surface area contributed by atoms with E-state index in [9.17, 15) is 9.59 Å². The standard InChI is InChI=1S/C23H29ClN2O4/c1-5-21(23(28)25-6-2)26(14-17-8-7-9-18(13-17)29-4)22(27)15-30-19-10-11-20(24)16(3)12-19/h7-13,21H,5-6,14-15H2,1-4H3,(H,25,28)/t21-/m1/s1. The van der Waals surface area contributed by atoms with Gasteiger partial charge in [-0.3, -0.25) is 9.59 Å². The van der Waals surface area contributed by atoms with Gasteiger partial charge in [0.2, 0.25) is 5.91 Å². The summed E-state index contributed by atoms with van der Waals surface area (Å²) in [6, 6.07) is 12.1. The second-order valence-corrected chi connectivity index (χ2v) is 7.30. The molecule has 0 aromatic heterocycles. The lowest BCUT2D eigenvalue weighted by Gasteiger charge is -2.30. The van der Waals surface area contributed by atoms with Crippen LogP contribution in [0.15, 0.2) is 42.5 Å². The number of carbonyl (C=O) groups is 2. The Kier molecular flexibility index (Phi) is 8.99. The summed E-state index contributed by atoms with van der Waals surface area (Å²) in [6.07, 6.45) is 0.488. The maximum absolute atomic E-state index is 13.1. The van der Waals surface area contributed by atoms with Crippen LogP contribution in [0.1, 0.15) is 31.4 Å². The molecule has 2 aromatic rings. The van der Waals surface area contributed by atoms with E-state index in [2.05, 4.69) is 5.32 Å². The normalized spacial score (nSPS) is 11.5. The second-order valence-electron chi connectivity index (χ2n) is 6.89. The number of benzene rings is 2. The zero-order valence-electron chi connectivity index (χ0n) is 17.9. The highest BCUT2D eigenvalue weighted by molar-refractivity contribution is 6.31. The van der Waals surface area contributed by atoms with Gasteiger partial charge >= 0.3 is 0 Å². The molecular weight excluding hydrogens is 404 g/mol. The lowest BCUT2D eigenvalue weighted by atomic mass is 10.1. The number of nitrogens with one attached hydrogen (secondary N) is 1. The maximum atomic E-state index is 13.1. The molecule has 1 atom stereocenters. The van der Waals surface area contributed by atoms with Gasteiger partial charge in [-0.1, -0.05) is 30.7 Å². The second kappa shape index (κ2) is 11.5. The zero-order valence-corrected chi connectivity index (χ0v) is 18.7. The van der Waals surface area contributed by atoms with Crippen LogP contribution >= 0.6 is 11.6 Å². The Labute approximate surface area is 183 Å². The minimum Gasteiger partial charge on any atom is -0.497 e. The fourth-order valence-electron chi connectivity index (χ4n) is 3.11. The Balaban J connectivity index is 2.22. The van der Waals surface area contributed by atoms with E-state index in [1.807, 2.05) is 45.0 Å². The molecule has 0 unspecified atom stereocenters. The number of carbonyl (C=O) groups excluding carboxylic acids is 2. The molecule has 1 N–H and O–H groups in total. The summed E-state index contributed by atoms with van der Waals surface area (Å²) in [4.78, 5) is 27.3. The lowest BCUT2D eigenvalue weighted by molar-refractivity contribution is -0.142. The summed E-state index contributed by atoms with van der Waals surface area (Å²) in [5.41, 5.74) is 1.73. The number of amides is 2. The van der Waals surface area contributed by atoms with E-state index in [0.717, 1.165) is 11.1 Å². The van der Waals surface area contributed by atoms with E-state index in [-0.39, 0.29) is 25.0 Å². The number of hydrogen-bond acceptors (Lipinski definition) is 4. The molecule has 0 bridgehead atoms. The van der Waals surface area contributed by atoms with Crippen molar-refractivity contribution >= 4 is 23.4 Å². The average molecular weight is 433 g/mol. The average Bonchev–Trinajstić information content (AvgIpc) is 2.74. The molecule has 0 spiro atoms. The van der Waals surface area contributed by atoms with Crippen LogP contribution in [-0.2, 0) is 16.1 Å². The van der Waals surface area contributed by atoms with Gasteiger partial charge < -0.3 is 19.7 Å². The predicted molar refractivity (Wildman–Crippen MR) is 118 cm³/mol. The van der Waals surface area contributed by atoms with E-state index in [0.29, 0.717) is 29.5 Å². The highest BCUT2D eigenvalue weighted by Crippen LogP contribution is 2.22. The Morgan fingerprint density at radius 1 is 1.13 bits per heavy atom. The van der Waals surface area contributed by atoms with Crippen LogP contribution in [0.5, 0.6) is 11.5 Å². The smallest absolute Gasteiger partial charge is 0.261 e. The van der Waals surface area contributed by atoms with E-state index < -0.39 is 6.04 Å². The minimum atomic E-state index is -0.598. The van der Waals surface area contributed by atoms with Crippen molar-refractivity contribution in [3.63, 3.8) is 0 Å². The van der Waals surface area contributed by atoms with Crippen LogP contribution in [0.2, 0.25) is 5.02 Å². The van der Waals surface area contributed by atoms with Crippen molar-refractivity contribution < 1.29 is 19.1 Å². The van der Waals surface area contributed by atoms with Gasteiger partial charge in [0.05, 0.1) is 7.11 Å². The molecule has 2 aromatic carbocycles. The summed E-state index contributed by atoms with van der Waals surface area (Å²) >= 11 is 6.05. The summed E-state index contributed by atoms with van der Waals surface area (Å²) in [6.45, 7) is 6.20. The maximum Gasteiger partial charge on any atom is 0.261 e. The van der Waals surface area contributed by atoms with Gasteiger partial charge in [0, 0.05) is 18.1 Å². The highest BCUT2D eigenvalue weighted by atomic mass is 35.5. The van der Waals surface area contributed by atoms with E-state index in [1.165, 1.54) is 0 Å². The molecule has 6 nitrogen and oxygen atoms in total. The Morgan fingerprint density at radius 3 is 2.53 bits per heavy atom. The highest BCUT2D eigenvalue weighted by Gasteiger charge is 2.28. The van der Waals surface area contributed by atoms with Crippen molar-refractivity contribution in [1.82, 2.24) is 10.2 Å². The third kappa shape index (κ3) is 6.39. The summed E-state index contributed by atoms with van der Waals surface area (Å²) in [5, 5.41) is 3.45. The van der Waals surface area contributed by atoms with Gasteiger partial charge in [-0.15, -0.1) is 0 Å². The molecule has 0 saturated carbocycles. The molecule has 2 rings (SSSR count). The molecule has 0 saturated heterocycles. The zero-order chi connectivity index (χ0) is 22.1. The Hall–Kier alpha value is -2.73. The van der Waals surface area contributed by atoms with Crippen LogP contribution < -0.4 is 14.8 Å². The van der Waals surface area contributed by atoms with Gasteiger partial charge in [-0.25, -0.2) is 0 Å². The van der Waals surface area contributed by atoms with Crippen molar-refractivity contribution in [2.45, 2.75) is 39.8 Å². The number of ether oxygens (including phenoxy) is 2. The molecule has 2 amide bonds. The van der Waals surface area contributed by atoms with Gasteiger partial charge in [-0.05, 0) is 61.7 Å². The van der Waals surface area contributed by atoms with Crippen molar-refractivity contribution in [2.24, 2.45) is 0 Å². The first-order chi connectivity index (χ1) is 14.4. The van der Waals surface area contributed by atoms with Crippen LogP contribution in [0, 0.1) is 6.92 Å². The van der Waals surface area contributed by atoms with Crippen LogP contribution in [0.4, 0.5) is 0 Å². The predicted octanol–water partition coefficient (Wildman–Crippen LogP) is 3.98. The van der Waals surface area contributed by atoms with E-state index in [4.69, 9.17) is 21.1 Å². The van der Waals surface area contributed by atoms with Crippen LogP contribution in [0.25, 0.3) is 0 Å². The third-order valence-corrected chi connectivity index (χ3v) is 5.14. The summed E-state index contributed by atoms with van der Waals surface area (Å²) in [7, 11) is 1.59. The minimum absolute atomic E-state index is 0.180. The number of rotatable bonds is 10. The topological polar surface area (TPSA) is 67.9 Å². The SMILES string of the molecule is CCNC(=O)[C@@H](CC)N(Cc1cccc(OC)c1)C(=O)COc1ccc(Cl)c(C)c1. The first-order valence-corrected chi connectivity index (χ1v) is 10.4. The fourth-order valence-corrected chi connectivity index (χ4v) is 3.23. The van der Waals surface area contributed by atoms with Gasteiger partial charge in [0.25, 0.3) is 5.91 Å². The molecule has 0 heterocycles. The molecule has 0 fully saturated rings. The first kappa shape index (κ1) is 23.5. The molecule has 30 heavy (non-hydrogen) atoms. The van der Waals surface area contributed by atoms with E-state index in [1.54, 1.807) is 30.2 Å². The quantitative estimate of drug-likeness (QED) is 0.616. The summed E-state index contributed by atoms with van der Waals surface area (Å²) < 4.78 is 11.0. The number of halogens is 1. The van der Waals surface area contributed by atoms with Crippen molar-refractivity contribution in [3.8, 4) is 11.5 Å². The number of likely N-dealkylation sites (N-methyl/N-ethyl adjacent to an activating group) is 1. The van der Waals surface area contributed by atoms with E-state index >= 15 is 0 Å². The molecule has 0 aliphatic carbocycles. The summed E-state index contributed by atoms with van der Waals surface area (Å²) in [5.74, 6) is 0.790. The lowest BCUT2D eigenvalue weighted by Crippen LogP contribution is -2.50. The Morgan fingerprint density at radius 2 is 1.90 bits per heavy atom. The van der Waals surface area contributed by atoms with Gasteiger partial charge in [0.1, 0.15) is 17.5 Å². The monoisotopic (exact) mass is 432 g/mol. The largest absolute Gasteiger partial charge is 0.497 e. The number of hydrogen-bond donors (Lipinski definition) is 1. The Bertz CT molecular complexity index is 872. The third-order valence-electron chi connectivity index (χ3n) is 4.72. The molecule has 0 radical (unpaired) electrons. The van der Waals surface area contributed by atoms with Gasteiger partial charge in [0.15, 0.2) is 6.61 Å².